The average molecular weight is 236 g/mol. The molecular weight excluding hydrogens is 229 g/mol. The van der Waals surface area contributed by atoms with Gasteiger partial charge in [-0.05, 0) is 12.1 Å². The molecule has 0 atom stereocenters. The second-order valence-electron chi connectivity index (χ2n) is 3.04. The van der Waals surface area contributed by atoms with Crippen LogP contribution in [-0.2, 0) is 0 Å². The van der Waals surface area contributed by atoms with Gasteiger partial charge in [0.2, 0.25) is 11.9 Å². The standard InChI is InChI=1S/C10H7BF2N2O2/c12-9-5-7(1-3-14-9)16-11-17-8-2-4-15-10(13)6-8/h1-6,11H. The van der Waals surface area contributed by atoms with Crippen LogP contribution in [0.1, 0.15) is 0 Å². The van der Waals surface area contributed by atoms with Crippen molar-refractivity contribution >= 4 is 7.69 Å². The van der Waals surface area contributed by atoms with Crippen molar-refractivity contribution < 1.29 is 18.1 Å². The van der Waals surface area contributed by atoms with E-state index >= 15 is 0 Å². The van der Waals surface area contributed by atoms with E-state index in [2.05, 4.69) is 9.97 Å². The molecule has 0 amide bonds. The van der Waals surface area contributed by atoms with E-state index < -0.39 is 11.9 Å². The van der Waals surface area contributed by atoms with Crippen molar-refractivity contribution in [1.82, 2.24) is 9.97 Å². The highest BCUT2D eigenvalue weighted by Crippen LogP contribution is 2.12. The van der Waals surface area contributed by atoms with Crippen LogP contribution in [0.25, 0.3) is 0 Å². The molecule has 0 spiro atoms. The fraction of sp³-hybridized carbons (Fsp3) is 0. The van der Waals surface area contributed by atoms with Crippen LogP contribution in [0.3, 0.4) is 0 Å². The zero-order valence-electron chi connectivity index (χ0n) is 8.64. The maximum Gasteiger partial charge on any atom is 0.576 e. The summed E-state index contributed by atoms with van der Waals surface area (Å²) in [5, 5.41) is 0. The summed E-state index contributed by atoms with van der Waals surface area (Å²) in [6.45, 7) is 0. The normalized spacial score (nSPS) is 9.76. The lowest BCUT2D eigenvalue weighted by molar-refractivity contribution is 0.450. The van der Waals surface area contributed by atoms with Gasteiger partial charge in [-0.2, -0.15) is 8.78 Å². The van der Waals surface area contributed by atoms with Crippen LogP contribution in [0.15, 0.2) is 36.7 Å². The van der Waals surface area contributed by atoms with Gasteiger partial charge in [-0.15, -0.1) is 0 Å². The van der Waals surface area contributed by atoms with Crippen molar-refractivity contribution in [2.24, 2.45) is 0 Å². The maximum absolute atomic E-state index is 12.7. The molecule has 2 aromatic rings. The van der Waals surface area contributed by atoms with Crippen LogP contribution in [-0.4, -0.2) is 17.7 Å². The summed E-state index contributed by atoms with van der Waals surface area (Å²) < 4.78 is 35.5. The summed E-state index contributed by atoms with van der Waals surface area (Å²) in [6.07, 6.45) is 2.55. The Balaban J connectivity index is 1.87. The van der Waals surface area contributed by atoms with Crippen LogP contribution in [0.4, 0.5) is 8.78 Å². The average Bonchev–Trinajstić information content (AvgIpc) is 2.29. The molecule has 2 aromatic heterocycles. The summed E-state index contributed by atoms with van der Waals surface area (Å²) >= 11 is 0. The lowest BCUT2D eigenvalue weighted by Crippen LogP contribution is -2.11. The highest BCUT2D eigenvalue weighted by Gasteiger charge is 2.02. The number of halogens is 2. The van der Waals surface area contributed by atoms with E-state index in [0.29, 0.717) is 0 Å². The van der Waals surface area contributed by atoms with Gasteiger partial charge in [0.05, 0.1) is 0 Å². The number of nitrogens with zero attached hydrogens (tertiary/aromatic N) is 2. The zero-order valence-corrected chi connectivity index (χ0v) is 8.64. The SMILES string of the molecule is Fc1cc(OBOc2ccnc(F)c2)ccn1. The molecule has 86 valence electrons. The summed E-state index contributed by atoms with van der Waals surface area (Å²) in [6, 6.07) is 5.21. The van der Waals surface area contributed by atoms with Crippen molar-refractivity contribution in [1.29, 1.82) is 0 Å². The lowest BCUT2D eigenvalue weighted by atomic mass is 10.3. The van der Waals surface area contributed by atoms with E-state index in [-0.39, 0.29) is 19.2 Å². The first-order valence-electron chi connectivity index (χ1n) is 4.73. The van der Waals surface area contributed by atoms with Gasteiger partial charge in [0.1, 0.15) is 11.5 Å². The van der Waals surface area contributed by atoms with Crippen molar-refractivity contribution in [2.75, 3.05) is 0 Å². The molecule has 0 aromatic carbocycles. The molecule has 0 unspecified atom stereocenters. The molecule has 17 heavy (non-hydrogen) atoms. The Morgan fingerprint density at radius 3 is 1.76 bits per heavy atom. The van der Waals surface area contributed by atoms with E-state index in [1.54, 1.807) is 0 Å². The Labute approximate surface area is 96.5 Å². The highest BCUT2D eigenvalue weighted by atomic mass is 19.1. The lowest BCUT2D eigenvalue weighted by Gasteiger charge is -2.06. The third-order valence-corrected chi connectivity index (χ3v) is 1.85. The van der Waals surface area contributed by atoms with Crippen LogP contribution < -0.4 is 9.31 Å². The van der Waals surface area contributed by atoms with Crippen molar-refractivity contribution in [3.8, 4) is 11.5 Å². The Bertz CT molecular complexity index is 468. The van der Waals surface area contributed by atoms with Gasteiger partial charge < -0.3 is 9.31 Å². The topological polar surface area (TPSA) is 44.2 Å². The summed E-state index contributed by atoms with van der Waals surface area (Å²) in [7, 11) is -0.160. The monoisotopic (exact) mass is 236 g/mol. The maximum atomic E-state index is 12.7. The molecule has 2 heterocycles. The molecule has 4 nitrogen and oxygen atoms in total. The molecule has 0 saturated carbocycles. The Morgan fingerprint density at radius 2 is 1.35 bits per heavy atom. The van der Waals surface area contributed by atoms with Gasteiger partial charge >= 0.3 is 7.69 Å². The minimum absolute atomic E-state index is 0.160. The summed E-state index contributed by atoms with van der Waals surface area (Å²) in [5.41, 5.74) is 0. The molecule has 0 radical (unpaired) electrons. The molecule has 0 saturated heterocycles. The fourth-order valence-corrected chi connectivity index (χ4v) is 1.11. The van der Waals surface area contributed by atoms with E-state index in [1.165, 1.54) is 24.5 Å². The molecule has 0 aliphatic carbocycles. The third-order valence-electron chi connectivity index (χ3n) is 1.85. The second-order valence-corrected chi connectivity index (χ2v) is 3.04. The van der Waals surface area contributed by atoms with Crippen LogP contribution >= 0.6 is 0 Å². The predicted molar refractivity (Wildman–Crippen MR) is 56.8 cm³/mol. The number of hydrogen-bond donors (Lipinski definition) is 0. The van der Waals surface area contributed by atoms with Crippen LogP contribution in [0.5, 0.6) is 11.5 Å². The smallest absolute Gasteiger partial charge is 0.528 e. The van der Waals surface area contributed by atoms with E-state index in [1.807, 2.05) is 0 Å². The van der Waals surface area contributed by atoms with Crippen LogP contribution in [0.2, 0.25) is 0 Å². The number of hydrogen-bond acceptors (Lipinski definition) is 4. The van der Waals surface area contributed by atoms with Gasteiger partial charge in [-0.25, -0.2) is 9.97 Å². The molecule has 0 bridgehead atoms. The van der Waals surface area contributed by atoms with Crippen molar-refractivity contribution in [3.63, 3.8) is 0 Å². The van der Waals surface area contributed by atoms with Crippen molar-refractivity contribution in [2.45, 2.75) is 0 Å². The van der Waals surface area contributed by atoms with Gasteiger partial charge in [-0.3, -0.25) is 0 Å². The van der Waals surface area contributed by atoms with E-state index in [9.17, 15) is 8.78 Å². The first-order chi connectivity index (χ1) is 8.24. The van der Waals surface area contributed by atoms with E-state index in [4.69, 9.17) is 9.31 Å². The van der Waals surface area contributed by atoms with E-state index in [0.717, 1.165) is 12.1 Å². The number of pyridine rings is 2. The first-order valence-corrected chi connectivity index (χ1v) is 4.73. The molecule has 2 rings (SSSR count). The Kier molecular flexibility index (Phi) is 3.49. The summed E-state index contributed by atoms with van der Waals surface area (Å²) in [5.74, 6) is -0.714. The summed E-state index contributed by atoms with van der Waals surface area (Å²) in [4.78, 5) is 6.74. The van der Waals surface area contributed by atoms with Crippen LogP contribution in [0, 0.1) is 11.9 Å². The Morgan fingerprint density at radius 1 is 0.882 bits per heavy atom. The van der Waals surface area contributed by atoms with Gasteiger partial charge in [0, 0.05) is 24.5 Å². The zero-order chi connectivity index (χ0) is 12.1. The minimum Gasteiger partial charge on any atom is -0.528 e. The molecule has 0 aliphatic rings. The van der Waals surface area contributed by atoms with Gasteiger partial charge in [-0.1, -0.05) is 0 Å². The minimum atomic E-state index is -0.641. The number of aromatic nitrogens is 2. The molecular formula is C10H7BF2N2O2. The fourth-order valence-electron chi connectivity index (χ4n) is 1.11. The molecule has 0 aliphatic heterocycles. The third kappa shape index (κ3) is 3.41. The molecule has 0 N–H and O–H groups in total. The largest absolute Gasteiger partial charge is 0.576 e. The van der Waals surface area contributed by atoms with Gasteiger partial charge in [0.15, 0.2) is 0 Å². The van der Waals surface area contributed by atoms with Gasteiger partial charge in [0.25, 0.3) is 0 Å². The molecule has 7 heteroatoms. The van der Waals surface area contributed by atoms with Crippen molar-refractivity contribution in [3.05, 3.63) is 48.6 Å². The quantitative estimate of drug-likeness (QED) is 0.595. The Hall–Kier alpha value is -2.18. The predicted octanol–water partition coefficient (Wildman–Crippen LogP) is 1.48. The first kappa shape index (κ1) is 11.3. The molecule has 0 fully saturated rings. The highest BCUT2D eigenvalue weighted by molar-refractivity contribution is 6.20. The number of rotatable bonds is 4. The second kappa shape index (κ2) is 5.24.